The Labute approximate surface area is 282 Å². The van der Waals surface area contributed by atoms with Crippen LogP contribution in [0.3, 0.4) is 0 Å². The first-order valence-corrected chi connectivity index (χ1v) is 16.9. The van der Waals surface area contributed by atoms with E-state index in [0.29, 0.717) is 0 Å². The molecule has 0 saturated heterocycles. The van der Waals surface area contributed by atoms with Gasteiger partial charge in [0, 0.05) is 27.5 Å². The maximum absolute atomic E-state index is 7.50. The molecule has 48 heavy (non-hydrogen) atoms. The van der Waals surface area contributed by atoms with E-state index in [0.717, 1.165) is 22.3 Å². The first-order chi connectivity index (χ1) is 23.5. The Morgan fingerprint density at radius 2 is 1.10 bits per heavy atom. The molecule has 0 bridgehead atoms. The number of hydrogen-bond donors (Lipinski definition) is 0. The van der Waals surface area contributed by atoms with E-state index in [9.17, 15) is 0 Å². The zero-order valence-corrected chi connectivity index (χ0v) is 27.5. The van der Waals surface area contributed by atoms with Gasteiger partial charge in [-0.25, -0.2) is 0 Å². The van der Waals surface area contributed by atoms with Crippen LogP contribution in [-0.4, -0.2) is 0 Å². The molecule has 1 atom stereocenters. The summed E-state index contributed by atoms with van der Waals surface area (Å²) in [6, 6.07) is 54.7. The number of aryl methyl sites for hydroxylation is 1. The van der Waals surface area contributed by atoms with E-state index in [-0.39, 0.29) is 5.41 Å². The second-order valence-corrected chi connectivity index (χ2v) is 13.7. The van der Waals surface area contributed by atoms with Gasteiger partial charge in [0.05, 0.1) is 0 Å². The van der Waals surface area contributed by atoms with Crippen LogP contribution in [0.5, 0.6) is 5.75 Å². The fourth-order valence-corrected chi connectivity index (χ4v) is 8.21. The number of hydrogen-bond acceptors (Lipinski definition) is 1. The lowest BCUT2D eigenvalue weighted by Crippen LogP contribution is -2.35. The Morgan fingerprint density at radius 3 is 1.81 bits per heavy atom. The molecule has 1 aliphatic heterocycles. The molecular formula is C47H36O. The first-order valence-electron chi connectivity index (χ1n) is 16.9. The maximum Gasteiger partial charge on any atom is 0.178 e. The highest BCUT2D eigenvalue weighted by Gasteiger charge is 2.44. The average Bonchev–Trinajstić information content (AvgIpc) is 3.38. The van der Waals surface area contributed by atoms with Crippen LogP contribution in [0.1, 0.15) is 47.2 Å². The summed E-state index contributed by atoms with van der Waals surface area (Å²) < 4.78 is 7.50. The summed E-state index contributed by atoms with van der Waals surface area (Å²) in [4.78, 5) is 0. The third-order valence-corrected chi connectivity index (χ3v) is 10.5. The maximum atomic E-state index is 7.50. The van der Waals surface area contributed by atoms with Crippen molar-refractivity contribution in [2.75, 3.05) is 0 Å². The van der Waals surface area contributed by atoms with E-state index in [4.69, 9.17) is 4.74 Å². The van der Waals surface area contributed by atoms with Crippen LogP contribution in [0.15, 0.2) is 158 Å². The third-order valence-electron chi connectivity index (χ3n) is 10.5. The van der Waals surface area contributed by atoms with Crippen molar-refractivity contribution in [3.8, 4) is 39.1 Å². The van der Waals surface area contributed by atoms with Gasteiger partial charge in [-0.05, 0) is 62.9 Å². The van der Waals surface area contributed by atoms with Crippen molar-refractivity contribution in [2.24, 2.45) is 0 Å². The van der Waals surface area contributed by atoms with Crippen LogP contribution < -0.4 is 4.74 Å². The molecule has 1 nitrogen and oxygen atoms in total. The predicted octanol–water partition coefficient (Wildman–Crippen LogP) is 12.1. The molecule has 1 heteroatoms. The summed E-state index contributed by atoms with van der Waals surface area (Å²) >= 11 is 0. The normalized spacial score (nSPS) is 17.0. The Kier molecular flexibility index (Phi) is 6.36. The minimum absolute atomic E-state index is 0.168. The molecule has 0 fully saturated rings. The van der Waals surface area contributed by atoms with Crippen molar-refractivity contribution in [1.29, 1.82) is 0 Å². The van der Waals surface area contributed by atoms with Crippen molar-refractivity contribution >= 4 is 16.8 Å². The molecule has 0 saturated carbocycles. The summed E-state index contributed by atoms with van der Waals surface area (Å²) in [5.74, 6) is 0.951. The second-order valence-electron chi connectivity index (χ2n) is 13.7. The minimum Gasteiger partial charge on any atom is -0.472 e. The van der Waals surface area contributed by atoms with E-state index >= 15 is 0 Å². The smallest absolute Gasteiger partial charge is 0.178 e. The molecule has 7 aromatic rings. The summed E-state index contributed by atoms with van der Waals surface area (Å²) in [5, 5.41) is 2.39. The Morgan fingerprint density at radius 1 is 0.521 bits per heavy atom. The summed E-state index contributed by atoms with van der Waals surface area (Å²) in [6.07, 6.45) is 4.63. The average molecular weight is 617 g/mol. The summed E-state index contributed by atoms with van der Waals surface area (Å²) in [6.45, 7) is 6.92. The first kappa shape index (κ1) is 28.6. The Bertz CT molecular complexity index is 2380. The van der Waals surface area contributed by atoms with Crippen LogP contribution in [0.4, 0.5) is 0 Å². The van der Waals surface area contributed by atoms with Crippen molar-refractivity contribution < 1.29 is 4.74 Å². The molecular weight excluding hydrogens is 581 g/mol. The van der Waals surface area contributed by atoms with Gasteiger partial charge >= 0.3 is 0 Å². The molecule has 2 aliphatic rings. The standard InChI is InChI=1S/C47H36O/c1-31-22-27-40-42(30-31)46(2,3)44-41-28-29-47(34-16-8-5-9-17-34,48-45(41)39-21-13-12-20-38(39)43(40)44)35-25-23-33(24-26-35)37-19-11-10-18-36(37)32-14-6-4-7-15-32/h4-30H,1-3H3. The third kappa shape index (κ3) is 4.17. The molecule has 1 aliphatic carbocycles. The molecule has 0 amide bonds. The molecule has 0 spiro atoms. The van der Waals surface area contributed by atoms with Crippen LogP contribution in [-0.2, 0) is 11.0 Å². The van der Waals surface area contributed by atoms with Crippen molar-refractivity contribution in [3.63, 3.8) is 0 Å². The van der Waals surface area contributed by atoms with Crippen LogP contribution in [0.25, 0.3) is 50.2 Å². The van der Waals surface area contributed by atoms with Crippen LogP contribution in [0.2, 0.25) is 0 Å². The van der Waals surface area contributed by atoms with Crippen molar-refractivity contribution in [2.45, 2.75) is 31.8 Å². The van der Waals surface area contributed by atoms with Crippen LogP contribution >= 0.6 is 0 Å². The SMILES string of the molecule is Cc1ccc2c(c1)C(C)(C)c1c3c(c4ccccc4c1-2)OC(c1ccccc1)(c1ccc(-c2ccccc2-c2ccccc2)cc1)C=C3. The van der Waals surface area contributed by atoms with Gasteiger partial charge in [0.15, 0.2) is 5.60 Å². The molecule has 0 aromatic heterocycles. The quantitative estimate of drug-likeness (QED) is 0.191. The minimum atomic E-state index is -0.797. The van der Waals surface area contributed by atoms with E-state index in [2.05, 4.69) is 185 Å². The highest BCUT2D eigenvalue weighted by atomic mass is 16.5. The molecule has 9 rings (SSSR count). The second kappa shape index (κ2) is 10.7. The Hall–Kier alpha value is -5.66. The van der Waals surface area contributed by atoms with E-state index in [1.165, 1.54) is 61.0 Å². The zero-order valence-electron chi connectivity index (χ0n) is 27.5. The number of benzene rings is 7. The van der Waals surface area contributed by atoms with Gasteiger partial charge in [-0.2, -0.15) is 0 Å². The van der Waals surface area contributed by atoms with Gasteiger partial charge in [-0.1, -0.05) is 177 Å². The number of ether oxygens (including phenoxy) is 1. The monoisotopic (exact) mass is 616 g/mol. The molecule has 0 radical (unpaired) electrons. The molecule has 0 N–H and O–H groups in total. The van der Waals surface area contributed by atoms with Crippen LogP contribution in [0, 0.1) is 6.92 Å². The van der Waals surface area contributed by atoms with Gasteiger partial charge in [0.25, 0.3) is 0 Å². The largest absolute Gasteiger partial charge is 0.472 e. The highest BCUT2D eigenvalue weighted by molar-refractivity contribution is 6.08. The Balaban J connectivity index is 1.23. The van der Waals surface area contributed by atoms with Gasteiger partial charge in [-0.3, -0.25) is 0 Å². The lowest BCUT2D eigenvalue weighted by Gasteiger charge is -2.38. The molecule has 230 valence electrons. The fraction of sp³-hybridized carbons (Fsp3) is 0.106. The number of fused-ring (bicyclic) bond motifs is 8. The van der Waals surface area contributed by atoms with Crippen molar-refractivity contribution in [3.05, 3.63) is 191 Å². The predicted molar refractivity (Wildman–Crippen MR) is 200 cm³/mol. The highest BCUT2D eigenvalue weighted by Crippen LogP contribution is 2.58. The topological polar surface area (TPSA) is 9.23 Å². The van der Waals surface area contributed by atoms with Gasteiger partial charge < -0.3 is 4.74 Å². The van der Waals surface area contributed by atoms with Gasteiger partial charge in [-0.15, -0.1) is 0 Å². The molecule has 7 aromatic carbocycles. The van der Waals surface area contributed by atoms with Gasteiger partial charge in [0.1, 0.15) is 5.75 Å². The number of rotatable bonds is 4. The molecule has 1 heterocycles. The van der Waals surface area contributed by atoms with Gasteiger partial charge in [0.2, 0.25) is 0 Å². The van der Waals surface area contributed by atoms with E-state index in [1.807, 2.05) is 0 Å². The molecule has 1 unspecified atom stereocenters. The van der Waals surface area contributed by atoms with E-state index in [1.54, 1.807) is 0 Å². The zero-order chi connectivity index (χ0) is 32.5. The summed E-state index contributed by atoms with van der Waals surface area (Å²) in [5.41, 5.74) is 14.0. The summed E-state index contributed by atoms with van der Waals surface area (Å²) in [7, 11) is 0. The van der Waals surface area contributed by atoms with Crippen molar-refractivity contribution in [1.82, 2.24) is 0 Å². The van der Waals surface area contributed by atoms with E-state index < -0.39 is 5.60 Å². The fourth-order valence-electron chi connectivity index (χ4n) is 8.21. The lowest BCUT2D eigenvalue weighted by molar-refractivity contribution is 0.163. The lowest BCUT2D eigenvalue weighted by atomic mass is 9.76.